The van der Waals surface area contributed by atoms with Crippen molar-refractivity contribution in [1.29, 1.82) is 0 Å². The molecule has 0 unspecified atom stereocenters. The van der Waals surface area contributed by atoms with Gasteiger partial charge in [-0.25, -0.2) is 0 Å². The summed E-state index contributed by atoms with van der Waals surface area (Å²) in [5, 5.41) is 8.68. The molecule has 0 spiro atoms. The summed E-state index contributed by atoms with van der Waals surface area (Å²) in [7, 11) is 0. The first-order chi connectivity index (χ1) is 13.2. The molecule has 2 aromatic heterocycles. The third-order valence-electron chi connectivity index (χ3n) is 4.35. The molecule has 0 saturated heterocycles. The van der Waals surface area contributed by atoms with Crippen LogP contribution < -0.4 is 10.9 Å². The lowest BCUT2D eigenvalue weighted by Crippen LogP contribution is -2.23. The number of rotatable bonds is 5. The first-order valence-corrected chi connectivity index (χ1v) is 9.01. The molecule has 2 heterocycles. The van der Waals surface area contributed by atoms with Crippen molar-refractivity contribution < 1.29 is 0 Å². The zero-order valence-electron chi connectivity index (χ0n) is 14.5. The number of benzene rings is 2. The highest BCUT2D eigenvalue weighted by molar-refractivity contribution is 6.32. The number of anilines is 1. The van der Waals surface area contributed by atoms with E-state index in [-0.39, 0.29) is 10.6 Å². The summed E-state index contributed by atoms with van der Waals surface area (Å²) in [4.78, 5) is 17.0. The maximum absolute atomic E-state index is 12.5. The van der Waals surface area contributed by atoms with Crippen molar-refractivity contribution >= 4 is 28.2 Å². The van der Waals surface area contributed by atoms with Crippen molar-refractivity contribution in [3.63, 3.8) is 0 Å². The quantitative estimate of drug-likeness (QED) is 0.570. The fourth-order valence-electron chi connectivity index (χ4n) is 3.01. The van der Waals surface area contributed by atoms with E-state index < -0.39 is 0 Å². The molecule has 4 rings (SSSR count). The predicted molar refractivity (Wildman–Crippen MR) is 109 cm³/mol. The van der Waals surface area contributed by atoms with Gasteiger partial charge in [-0.05, 0) is 30.2 Å². The molecular formula is C21H17ClN4O. The van der Waals surface area contributed by atoms with Crippen molar-refractivity contribution in [3.05, 3.63) is 94.0 Å². The van der Waals surface area contributed by atoms with Gasteiger partial charge in [-0.15, -0.1) is 0 Å². The van der Waals surface area contributed by atoms with Gasteiger partial charge in [-0.3, -0.25) is 9.78 Å². The number of pyridine rings is 1. The van der Waals surface area contributed by atoms with E-state index in [0.717, 1.165) is 22.9 Å². The largest absolute Gasteiger partial charge is 0.382 e. The van der Waals surface area contributed by atoms with Crippen LogP contribution in [-0.2, 0) is 6.42 Å². The Morgan fingerprint density at radius 2 is 1.81 bits per heavy atom. The first kappa shape index (κ1) is 17.2. The molecule has 2 aromatic carbocycles. The molecular weight excluding hydrogens is 360 g/mol. The summed E-state index contributed by atoms with van der Waals surface area (Å²) in [6, 6.07) is 19.3. The average Bonchev–Trinajstić information content (AvgIpc) is 2.72. The van der Waals surface area contributed by atoms with E-state index in [1.165, 1.54) is 4.68 Å². The average molecular weight is 377 g/mol. The summed E-state index contributed by atoms with van der Waals surface area (Å²) in [5.74, 6) is 0. The van der Waals surface area contributed by atoms with Gasteiger partial charge in [0.05, 0.1) is 23.1 Å². The molecule has 0 radical (unpaired) electrons. The first-order valence-electron chi connectivity index (χ1n) is 8.64. The Hall–Kier alpha value is -3.18. The van der Waals surface area contributed by atoms with Crippen LogP contribution in [0.4, 0.5) is 5.69 Å². The number of hydrogen-bond acceptors (Lipinski definition) is 4. The van der Waals surface area contributed by atoms with E-state index in [4.69, 9.17) is 11.6 Å². The molecule has 4 aromatic rings. The van der Waals surface area contributed by atoms with Gasteiger partial charge in [0.15, 0.2) is 0 Å². The number of halogens is 1. The highest BCUT2D eigenvalue weighted by Crippen LogP contribution is 2.19. The highest BCUT2D eigenvalue weighted by atomic mass is 35.5. The van der Waals surface area contributed by atoms with Crippen LogP contribution in [0.2, 0.25) is 5.02 Å². The van der Waals surface area contributed by atoms with Gasteiger partial charge in [-0.1, -0.05) is 54.1 Å². The van der Waals surface area contributed by atoms with Gasteiger partial charge in [-0.2, -0.15) is 9.78 Å². The second-order valence-corrected chi connectivity index (χ2v) is 6.47. The Morgan fingerprint density at radius 1 is 1.00 bits per heavy atom. The normalized spacial score (nSPS) is 10.9. The van der Waals surface area contributed by atoms with E-state index in [0.29, 0.717) is 17.9 Å². The number of fused-ring (bicyclic) bond motifs is 1. The molecule has 6 heteroatoms. The van der Waals surface area contributed by atoms with E-state index >= 15 is 0 Å². The van der Waals surface area contributed by atoms with Crippen LogP contribution in [-0.4, -0.2) is 21.3 Å². The molecule has 0 fully saturated rings. The minimum atomic E-state index is -0.348. The molecule has 0 aliphatic rings. The number of nitrogens with one attached hydrogen (secondary N) is 1. The third kappa shape index (κ3) is 3.55. The minimum absolute atomic E-state index is 0.130. The van der Waals surface area contributed by atoms with Crippen molar-refractivity contribution in [3.8, 4) is 5.69 Å². The molecule has 1 N–H and O–H groups in total. The van der Waals surface area contributed by atoms with Crippen LogP contribution in [0, 0.1) is 0 Å². The number of para-hydroxylation sites is 2. The van der Waals surface area contributed by atoms with E-state index in [2.05, 4.69) is 21.5 Å². The van der Waals surface area contributed by atoms with E-state index in [1.54, 1.807) is 12.4 Å². The Balaban J connectivity index is 1.52. The molecule has 0 atom stereocenters. The van der Waals surface area contributed by atoms with Gasteiger partial charge in [0.1, 0.15) is 5.02 Å². The van der Waals surface area contributed by atoms with Crippen molar-refractivity contribution in [2.45, 2.75) is 6.42 Å². The summed E-state index contributed by atoms with van der Waals surface area (Å²) in [5.41, 5.74) is 2.99. The van der Waals surface area contributed by atoms with Crippen molar-refractivity contribution in [2.24, 2.45) is 0 Å². The minimum Gasteiger partial charge on any atom is -0.382 e. The van der Waals surface area contributed by atoms with Gasteiger partial charge in [0, 0.05) is 18.1 Å². The molecule has 0 aliphatic heterocycles. The molecule has 5 nitrogen and oxygen atoms in total. The zero-order chi connectivity index (χ0) is 18.6. The van der Waals surface area contributed by atoms with Gasteiger partial charge >= 0.3 is 0 Å². The third-order valence-corrected chi connectivity index (χ3v) is 4.71. The van der Waals surface area contributed by atoms with Crippen molar-refractivity contribution in [2.75, 3.05) is 11.9 Å². The summed E-state index contributed by atoms with van der Waals surface area (Å²) in [6.07, 6.45) is 4.13. The van der Waals surface area contributed by atoms with Gasteiger partial charge in [0.2, 0.25) is 0 Å². The fraction of sp³-hybridized carbons (Fsp3) is 0.0952. The molecule has 134 valence electrons. The summed E-state index contributed by atoms with van der Waals surface area (Å²) in [6.45, 7) is 0.617. The lowest BCUT2D eigenvalue weighted by molar-refractivity contribution is 0.806. The summed E-state index contributed by atoms with van der Waals surface area (Å²) < 4.78 is 1.29. The lowest BCUT2D eigenvalue weighted by Gasteiger charge is -2.11. The maximum Gasteiger partial charge on any atom is 0.292 e. The second-order valence-electron chi connectivity index (χ2n) is 6.09. The van der Waals surface area contributed by atoms with Gasteiger partial charge < -0.3 is 5.32 Å². The van der Waals surface area contributed by atoms with Gasteiger partial charge in [0.25, 0.3) is 5.56 Å². The number of hydrogen-bond donors (Lipinski definition) is 1. The predicted octanol–water partition coefficient (Wildman–Crippen LogP) is 4.09. The van der Waals surface area contributed by atoms with E-state index in [1.807, 2.05) is 54.6 Å². The standard InChI is InChI=1S/C21H17ClN4O/c22-19-18(14-25-26(21(19)27)17-9-2-1-3-10-17)23-13-11-16-7-4-6-15-8-5-12-24-20(15)16/h1-10,12,14,23H,11,13H2. The molecule has 0 aliphatic carbocycles. The molecule has 0 saturated carbocycles. The number of nitrogens with zero attached hydrogens (tertiary/aromatic N) is 3. The summed E-state index contributed by atoms with van der Waals surface area (Å²) >= 11 is 6.28. The highest BCUT2D eigenvalue weighted by Gasteiger charge is 2.10. The topological polar surface area (TPSA) is 59.8 Å². The van der Waals surface area contributed by atoms with Crippen LogP contribution in [0.5, 0.6) is 0 Å². The fourth-order valence-corrected chi connectivity index (χ4v) is 3.21. The Morgan fingerprint density at radius 3 is 2.67 bits per heavy atom. The molecule has 27 heavy (non-hydrogen) atoms. The molecule has 0 bridgehead atoms. The smallest absolute Gasteiger partial charge is 0.292 e. The van der Waals surface area contributed by atoms with Crippen LogP contribution >= 0.6 is 11.6 Å². The molecule has 0 amide bonds. The van der Waals surface area contributed by atoms with Crippen LogP contribution in [0.1, 0.15) is 5.56 Å². The second kappa shape index (κ2) is 7.60. The van der Waals surface area contributed by atoms with Crippen LogP contribution in [0.3, 0.4) is 0 Å². The Kier molecular flexibility index (Phi) is 4.85. The van der Waals surface area contributed by atoms with Crippen LogP contribution in [0.15, 0.2) is 77.9 Å². The SMILES string of the molecule is O=c1c(Cl)c(NCCc2cccc3cccnc23)cnn1-c1ccccc1. The van der Waals surface area contributed by atoms with Crippen molar-refractivity contribution in [1.82, 2.24) is 14.8 Å². The lowest BCUT2D eigenvalue weighted by atomic mass is 10.1. The maximum atomic E-state index is 12.5. The Labute approximate surface area is 161 Å². The monoisotopic (exact) mass is 376 g/mol. The Bertz CT molecular complexity index is 1140. The van der Waals surface area contributed by atoms with Crippen LogP contribution in [0.25, 0.3) is 16.6 Å². The number of aromatic nitrogens is 3. The van der Waals surface area contributed by atoms with E-state index in [9.17, 15) is 4.79 Å². The zero-order valence-corrected chi connectivity index (χ0v) is 15.2.